The van der Waals surface area contributed by atoms with Gasteiger partial charge < -0.3 is 10.4 Å². The number of amides is 1. The Morgan fingerprint density at radius 3 is 2.72 bits per heavy atom. The lowest BCUT2D eigenvalue weighted by atomic mass is 10.0. The molecule has 3 aromatic rings. The zero-order valence-corrected chi connectivity index (χ0v) is 15.9. The number of carbonyl (C=O) groups excluding carboxylic acids is 1. The molecule has 0 saturated heterocycles. The summed E-state index contributed by atoms with van der Waals surface area (Å²) in [5.41, 5.74) is 3.25. The van der Waals surface area contributed by atoms with E-state index in [1.165, 1.54) is 12.3 Å². The largest absolute Gasteiger partial charge is 0.387 e. The number of aromatic nitrogens is 3. The van der Waals surface area contributed by atoms with Crippen molar-refractivity contribution in [3.8, 4) is 11.1 Å². The summed E-state index contributed by atoms with van der Waals surface area (Å²) in [7, 11) is 0. The second-order valence-electron chi connectivity index (χ2n) is 7.18. The molecule has 29 heavy (non-hydrogen) atoms. The van der Waals surface area contributed by atoms with Crippen molar-refractivity contribution in [3.05, 3.63) is 48.0 Å². The van der Waals surface area contributed by atoms with Crippen LogP contribution in [0, 0.1) is 12.8 Å². The second kappa shape index (κ2) is 7.11. The molecule has 1 amide bonds. The molecule has 0 aliphatic heterocycles. The minimum absolute atomic E-state index is 0.173. The average molecular weight is 399 g/mol. The van der Waals surface area contributed by atoms with Crippen molar-refractivity contribution in [1.82, 2.24) is 15.0 Å². The number of aliphatic hydroxyl groups is 1. The Hall–Kier alpha value is -3.00. The molecule has 4 rings (SSSR count). The fourth-order valence-electron chi connectivity index (χ4n) is 3.15. The lowest BCUT2D eigenvalue weighted by molar-refractivity contribution is -0.119. The molecule has 1 aliphatic rings. The highest BCUT2D eigenvalue weighted by molar-refractivity contribution is 5.96. The van der Waals surface area contributed by atoms with Crippen LogP contribution >= 0.6 is 0 Å². The molecule has 0 bridgehead atoms. The molecule has 0 aromatic carbocycles. The minimum Gasteiger partial charge on any atom is -0.387 e. The predicted octanol–water partition coefficient (Wildman–Crippen LogP) is 4.04. The molecule has 3 aromatic heterocycles. The van der Waals surface area contributed by atoms with Crippen molar-refractivity contribution in [3.63, 3.8) is 0 Å². The van der Waals surface area contributed by atoms with Gasteiger partial charge in [0.15, 0.2) is 0 Å². The van der Waals surface area contributed by atoms with Crippen LogP contribution in [0.5, 0.6) is 0 Å². The highest BCUT2D eigenvalue weighted by Gasteiger charge is 2.61. The number of rotatable bonds is 5. The molecule has 0 spiro atoms. The molecule has 150 valence electrons. The number of alkyl halides is 2. The van der Waals surface area contributed by atoms with E-state index in [2.05, 4.69) is 20.3 Å². The third kappa shape index (κ3) is 3.80. The van der Waals surface area contributed by atoms with Gasteiger partial charge in [-0.3, -0.25) is 14.8 Å². The van der Waals surface area contributed by atoms with Gasteiger partial charge in [-0.15, -0.1) is 0 Å². The first-order valence-corrected chi connectivity index (χ1v) is 9.25. The number of carbonyl (C=O) groups is 1. The summed E-state index contributed by atoms with van der Waals surface area (Å²) in [4.78, 5) is 24.6. The van der Waals surface area contributed by atoms with Crippen LogP contribution in [0.15, 0.2) is 36.8 Å². The number of nitrogens with one attached hydrogen (secondary N) is 1. The first kappa shape index (κ1) is 18.1. The Morgan fingerprint density at radius 2 is 2.07 bits per heavy atom. The van der Waals surface area contributed by atoms with Crippen LogP contribution in [0.4, 0.5) is 14.6 Å². The van der Waals surface area contributed by atoms with Crippen LogP contribution in [0.25, 0.3) is 22.0 Å². The topological polar surface area (TPSA) is 88.0 Å². The molecule has 1 saturated carbocycles. The van der Waals surface area contributed by atoms with Gasteiger partial charge in [0.1, 0.15) is 11.7 Å². The molecule has 2 atom stereocenters. The van der Waals surface area contributed by atoms with Gasteiger partial charge in [-0.05, 0) is 31.0 Å². The zero-order chi connectivity index (χ0) is 21.7. The summed E-state index contributed by atoms with van der Waals surface area (Å²) in [6.07, 6.45) is 2.80. The number of halogens is 2. The number of aryl methyl sites for hydroxylation is 1. The SMILES string of the molecule is [2H][C@@](O)(CC)c1cc(C)c(-c2cnc3cc(NC(=O)[C@H]4CC4(F)F)ncc3c2)cn1. The lowest BCUT2D eigenvalue weighted by Crippen LogP contribution is -2.18. The van der Waals surface area contributed by atoms with E-state index in [-0.39, 0.29) is 17.9 Å². The summed E-state index contributed by atoms with van der Waals surface area (Å²) in [5, 5.41) is 13.2. The van der Waals surface area contributed by atoms with Gasteiger partial charge in [0.25, 0.3) is 5.92 Å². The van der Waals surface area contributed by atoms with Crippen molar-refractivity contribution in [2.24, 2.45) is 5.92 Å². The number of nitrogens with zero attached hydrogens (tertiary/aromatic N) is 3. The predicted molar refractivity (Wildman–Crippen MR) is 104 cm³/mol. The van der Waals surface area contributed by atoms with Crippen LogP contribution in [-0.4, -0.2) is 31.9 Å². The summed E-state index contributed by atoms with van der Waals surface area (Å²) in [6, 6.07) is 5.07. The summed E-state index contributed by atoms with van der Waals surface area (Å²) < 4.78 is 34.0. The van der Waals surface area contributed by atoms with Crippen LogP contribution in [0.2, 0.25) is 0 Å². The highest BCUT2D eigenvalue weighted by Crippen LogP contribution is 2.49. The maximum atomic E-state index is 13.0. The first-order chi connectivity index (χ1) is 14.1. The Labute approximate surface area is 167 Å². The van der Waals surface area contributed by atoms with Gasteiger partial charge in [-0.2, -0.15) is 0 Å². The van der Waals surface area contributed by atoms with E-state index >= 15 is 0 Å². The molecule has 3 heterocycles. The van der Waals surface area contributed by atoms with E-state index in [0.717, 1.165) is 16.7 Å². The molecule has 8 heteroatoms. The summed E-state index contributed by atoms with van der Waals surface area (Å²) in [6.45, 7) is 3.58. The molecule has 1 aliphatic carbocycles. The second-order valence-corrected chi connectivity index (χ2v) is 7.18. The van der Waals surface area contributed by atoms with Gasteiger partial charge in [0.05, 0.1) is 18.7 Å². The van der Waals surface area contributed by atoms with E-state index in [4.69, 9.17) is 1.37 Å². The van der Waals surface area contributed by atoms with Crippen LogP contribution in [-0.2, 0) is 4.79 Å². The Morgan fingerprint density at radius 1 is 1.31 bits per heavy atom. The smallest absolute Gasteiger partial charge is 0.260 e. The summed E-state index contributed by atoms with van der Waals surface area (Å²) >= 11 is 0. The Kier molecular flexibility index (Phi) is 4.43. The average Bonchev–Trinajstić information content (AvgIpc) is 3.36. The third-order valence-corrected chi connectivity index (χ3v) is 5.01. The van der Waals surface area contributed by atoms with E-state index in [9.17, 15) is 18.7 Å². The molecule has 1 fully saturated rings. The molecule has 0 unspecified atom stereocenters. The van der Waals surface area contributed by atoms with Crippen LogP contribution in [0.1, 0.15) is 38.5 Å². The normalized spacial score (nSPS) is 20.0. The first-order valence-electron chi connectivity index (χ1n) is 9.75. The van der Waals surface area contributed by atoms with E-state index in [1.54, 1.807) is 25.4 Å². The molecule has 0 radical (unpaired) electrons. The molecule has 6 nitrogen and oxygen atoms in total. The monoisotopic (exact) mass is 399 g/mol. The number of hydrogen-bond donors (Lipinski definition) is 2. The Balaban J connectivity index is 1.59. The molecular weight excluding hydrogens is 378 g/mol. The van der Waals surface area contributed by atoms with Crippen molar-refractivity contribution in [2.75, 3.05) is 5.32 Å². The fraction of sp³-hybridized carbons (Fsp3) is 0.333. The van der Waals surface area contributed by atoms with Crippen molar-refractivity contribution < 1.29 is 20.1 Å². The van der Waals surface area contributed by atoms with E-state index in [0.29, 0.717) is 10.9 Å². The fourth-order valence-corrected chi connectivity index (χ4v) is 3.15. The number of anilines is 1. The van der Waals surface area contributed by atoms with Crippen LogP contribution < -0.4 is 5.32 Å². The Bertz CT molecular complexity index is 1150. The van der Waals surface area contributed by atoms with Gasteiger partial charge in [0, 0.05) is 47.6 Å². The minimum atomic E-state index is -2.93. The standard InChI is InChI=1S/C21H20F2N4O2/c1-3-18(28)17-4-11(2)14(10-25-17)12-5-13-9-26-19(6-16(13)24-8-12)27-20(29)15-7-21(15,22)23/h4-6,8-10,15,18,28H,3,7H2,1-2H3,(H,26,27,29)/t15-,18-/m1/s1/i18D. The van der Waals surface area contributed by atoms with Gasteiger partial charge in [-0.1, -0.05) is 6.92 Å². The number of hydrogen-bond acceptors (Lipinski definition) is 5. The lowest BCUT2D eigenvalue weighted by Gasteiger charge is -2.12. The molecule has 2 N–H and O–H groups in total. The molecular formula is C21H20F2N4O2. The van der Waals surface area contributed by atoms with Crippen LogP contribution in [0.3, 0.4) is 0 Å². The van der Waals surface area contributed by atoms with Gasteiger partial charge in [-0.25, -0.2) is 13.8 Å². The van der Waals surface area contributed by atoms with Crippen molar-refractivity contribution in [1.29, 1.82) is 0 Å². The van der Waals surface area contributed by atoms with Crippen molar-refractivity contribution in [2.45, 2.75) is 38.7 Å². The third-order valence-electron chi connectivity index (χ3n) is 5.01. The maximum Gasteiger partial charge on any atom is 0.260 e. The van der Waals surface area contributed by atoms with E-state index < -0.39 is 30.2 Å². The maximum absolute atomic E-state index is 13.0. The van der Waals surface area contributed by atoms with Gasteiger partial charge in [0.2, 0.25) is 5.91 Å². The highest BCUT2D eigenvalue weighted by atomic mass is 19.3. The van der Waals surface area contributed by atoms with Gasteiger partial charge >= 0.3 is 0 Å². The van der Waals surface area contributed by atoms with E-state index in [1.807, 2.05) is 13.0 Å². The quantitative estimate of drug-likeness (QED) is 0.676. The zero-order valence-electron chi connectivity index (χ0n) is 16.9. The summed E-state index contributed by atoms with van der Waals surface area (Å²) in [5.74, 6) is -4.79. The number of fused-ring (bicyclic) bond motifs is 1. The number of pyridine rings is 3. The van der Waals surface area contributed by atoms with Crippen molar-refractivity contribution >= 4 is 22.6 Å².